The number of benzene rings is 2. The second-order valence-electron chi connectivity index (χ2n) is 12.1. The van der Waals surface area contributed by atoms with Gasteiger partial charge in [-0.25, -0.2) is 19.7 Å². The zero-order chi connectivity index (χ0) is 33.3. The van der Waals surface area contributed by atoms with E-state index in [9.17, 15) is 18.4 Å². The van der Waals surface area contributed by atoms with Crippen molar-refractivity contribution in [2.24, 2.45) is 0 Å². The highest BCUT2D eigenvalue weighted by Gasteiger charge is 2.45. The van der Waals surface area contributed by atoms with Crippen LogP contribution in [0.4, 0.5) is 13.6 Å². The van der Waals surface area contributed by atoms with Crippen molar-refractivity contribution in [3.63, 3.8) is 0 Å². The van der Waals surface area contributed by atoms with Gasteiger partial charge in [-0.1, -0.05) is 12.1 Å². The normalized spacial score (nSPS) is 19.3. The van der Waals surface area contributed by atoms with Crippen LogP contribution in [0, 0.1) is 0 Å². The molecule has 2 bridgehead atoms. The van der Waals surface area contributed by atoms with Gasteiger partial charge < -0.3 is 24.3 Å². The van der Waals surface area contributed by atoms with E-state index in [1.807, 2.05) is 12.1 Å². The lowest BCUT2D eigenvalue weighted by molar-refractivity contribution is -0.0507. The quantitative estimate of drug-likeness (QED) is 0.303. The maximum atomic E-state index is 13.6. The molecule has 4 aromatic rings. The van der Waals surface area contributed by atoms with Crippen molar-refractivity contribution in [2.75, 3.05) is 6.98 Å². The predicted molar refractivity (Wildman–Crippen MR) is 154 cm³/mol. The Kier molecular flexibility index (Phi) is 5.80. The third kappa shape index (κ3) is 5.04. The highest BCUT2D eigenvalue weighted by Crippen LogP contribution is 2.50. The first-order valence-corrected chi connectivity index (χ1v) is 13.7. The van der Waals surface area contributed by atoms with Gasteiger partial charge in [0.15, 0.2) is 5.82 Å². The fraction of sp³-hybridized carbons (Fsp3) is 0.387. The van der Waals surface area contributed by atoms with E-state index in [4.69, 9.17) is 18.6 Å². The Hall–Kier alpha value is -4.61. The topological polar surface area (TPSA) is 111 Å². The minimum Gasteiger partial charge on any atom is -0.444 e. The van der Waals surface area contributed by atoms with Crippen LogP contribution < -0.4 is 10.1 Å². The molecule has 0 radical (unpaired) electrons. The monoisotopic (exact) mass is 593 g/mol. The van der Waals surface area contributed by atoms with E-state index in [0.29, 0.717) is 33.8 Å². The summed E-state index contributed by atoms with van der Waals surface area (Å²) in [4.78, 5) is 40.5. The standard InChI is InChI=1S/C31H32F2N6O4/c1-30(2,3)43-29(41)37-31(4,5)27-34-14-17(15-35-27)16-10-11-19-20(12-16)39-21-13-22(25(39)36-19)38(6)26(40)18-8-7-9-23(24(18)21)42-28(32)33/h7-12,14-15,21-22,28H,13H2,1-6H3,(H,37,41)/t21-,22-/m1/s1/i6D3. The van der Waals surface area contributed by atoms with Gasteiger partial charge in [-0.15, -0.1) is 0 Å². The minimum atomic E-state index is -3.15. The average Bonchev–Trinajstić information content (AvgIpc) is 3.43. The Morgan fingerprint density at radius 1 is 1.09 bits per heavy atom. The Bertz CT molecular complexity index is 1850. The fourth-order valence-corrected chi connectivity index (χ4v) is 5.70. The Balaban J connectivity index is 1.42. The van der Waals surface area contributed by atoms with Gasteiger partial charge in [0.1, 0.15) is 17.2 Å². The van der Waals surface area contributed by atoms with Crippen LogP contribution in [0.5, 0.6) is 5.75 Å². The molecule has 6 rings (SSSR count). The van der Waals surface area contributed by atoms with Gasteiger partial charge in [0.05, 0.1) is 28.7 Å². The lowest BCUT2D eigenvalue weighted by atomic mass is 9.97. The minimum absolute atomic E-state index is 0.0166. The van der Waals surface area contributed by atoms with E-state index in [1.54, 1.807) is 57.6 Å². The summed E-state index contributed by atoms with van der Waals surface area (Å²) in [6.45, 7) is 2.84. The van der Waals surface area contributed by atoms with Crippen LogP contribution in [0.3, 0.4) is 0 Å². The highest BCUT2D eigenvalue weighted by molar-refractivity contribution is 5.98. The third-order valence-corrected chi connectivity index (χ3v) is 7.51. The molecule has 10 nitrogen and oxygen atoms in total. The van der Waals surface area contributed by atoms with Crippen LogP contribution in [-0.4, -0.2) is 55.6 Å². The molecule has 2 aliphatic heterocycles. The zero-order valence-electron chi connectivity index (χ0n) is 27.2. The molecule has 2 amide bonds. The molecule has 0 saturated carbocycles. The van der Waals surface area contributed by atoms with Crippen LogP contribution in [0.1, 0.15) is 84.8 Å². The first-order chi connectivity index (χ1) is 21.4. The molecule has 2 atom stereocenters. The van der Waals surface area contributed by atoms with E-state index >= 15 is 0 Å². The number of ether oxygens (including phenoxy) is 2. The van der Waals surface area contributed by atoms with Crippen molar-refractivity contribution in [1.29, 1.82) is 0 Å². The van der Waals surface area contributed by atoms with Crippen molar-refractivity contribution in [3.8, 4) is 16.9 Å². The van der Waals surface area contributed by atoms with E-state index in [-0.39, 0.29) is 23.3 Å². The molecule has 2 aromatic heterocycles. The second kappa shape index (κ2) is 9.99. The van der Waals surface area contributed by atoms with E-state index in [2.05, 4.69) is 15.3 Å². The van der Waals surface area contributed by atoms with Crippen molar-refractivity contribution in [2.45, 2.75) is 70.9 Å². The van der Waals surface area contributed by atoms with Gasteiger partial charge in [-0.2, -0.15) is 8.78 Å². The van der Waals surface area contributed by atoms with Crippen LogP contribution in [0.15, 0.2) is 48.8 Å². The number of fused-ring (bicyclic) bond motifs is 9. The van der Waals surface area contributed by atoms with E-state index in [1.165, 1.54) is 18.2 Å². The summed E-state index contributed by atoms with van der Waals surface area (Å²) in [5.41, 5.74) is 1.04. The second-order valence-corrected chi connectivity index (χ2v) is 12.1. The molecule has 12 heteroatoms. The number of alkyl carbamates (subject to hydrolysis) is 1. The van der Waals surface area contributed by atoms with Gasteiger partial charge in [0, 0.05) is 46.6 Å². The number of rotatable bonds is 5. The first kappa shape index (κ1) is 24.9. The Labute approximate surface area is 251 Å². The van der Waals surface area contributed by atoms with E-state index in [0.717, 1.165) is 4.90 Å². The van der Waals surface area contributed by atoms with Crippen molar-refractivity contribution < 1.29 is 32.0 Å². The number of imidazole rings is 1. The molecule has 224 valence electrons. The fourth-order valence-electron chi connectivity index (χ4n) is 5.70. The number of nitrogens with one attached hydrogen (secondary N) is 1. The van der Waals surface area contributed by atoms with Gasteiger partial charge in [-0.05, 0) is 64.4 Å². The Morgan fingerprint density at radius 3 is 2.51 bits per heavy atom. The molecular weight excluding hydrogens is 558 g/mol. The lowest BCUT2D eigenvalue weighted by Gasteiger charge is -2.27. The number of nitrogens with zero attached hydrogens (tertiary/aromatic N) is 5. The van der Waals surface area contributed by atoms with Crippen LogP contribution >= 0.6 is 0 Å². The van der Waals surface area contributed by atoms with Gasteiger partial charge in [-0.3, -0.25) is 4.79 Å². The molecule has 0 fully saturated rings. The molecule has 2 aliphatic rings. The molecule has 2 aromatic carbocycles. The highest BCUT2D eigenvalue weighted by atomic mass is 19.3. The largest absolute Gasteiger partial charge is 0.444 e. The van der Waals surface area contributed by atoms with Crippen LogP contribution in [-0.2, 0) is 10.3 Å². The van der Waals surface area contributed by atoms with Gasteiger partial charge in [0.2, 0.25) is 0 Å². The van der Waals surface area contributed by atoms with Crippen LogP contribution in [0.2, 0.25) is 0 Å². The Morgan fingerprint density at radius 2 is 1.84 bits per heavy atom. The number of amides is 2. The smallest absolute Gasteiger partial charge is 0.408 e. The van der Waals surface area contributed by atoms with E-state index < -0.39 is 48.8 Å². The number of hydrogen-bond acceptors (Lipinski definition) is 7. The summed E-state index contributed by atoms with van der Waals surface area (Å²) >= 11 is 0. The molecule has 43 heavy (non-hydrogen) atoms. The molecule has 0 spiro atoms. The van der Waals surface area contributed by atoms with Crippen molar-refractivity contribution >= 4 is 23.0 Å². The maximum absolute atomic E-state index is 13.6. The summed E-state index contributed by atoms with van der Waals surface area (Å²) in [6.07, 6.45) is 2.74. The summed E-state index contributed by atoms with van der Waals surface area (Å²) in [6, 6.07) is 7.93. The first-order valence-electron chi connectivity index (χ1n) is 15.2. The van der Waals surface area contributed by atoms with Gasteiger partial charge in [0.25, 0.3) is 5.91 Å². The molecule has 4 heterocycles. The number of hydrogen-bond donors (Lipinski definition) is 1. The van der Waals surface area contributed by atoms with Gasteiger partial charge >= 0.3 is 12.7 Å². The zero-order valence-corrected chi connectivity index (χ0v) is 24.2. The predicted octanol–water partition coefficient (Wildman–Crippen LogP) is 5.97. The SMILES string of the molecule is [2H]C([2H])([2H])N1C(=O)c2cccc(OC(F)F)c2[C@H]2C[C@@H]1c1nc3ccc(-c4cnc(C(C)(C)NC(=O)OC(C)(C)C)nc4)cc3n12. The summed E-state index contributed by atoms with van der Waals surface area (Å²) in [5.74, 6) is -0.311. The number of carbonyl (C=O) groups is 2. The molecular formula is C31H32F2N6O4. The number of halogens is 2. The number of alkyl halides is 2. The van der Waals surface area contributed by atoms with Crippen molar-refractivity contribution in [1.82, 2.24) is 29.7 Å². The van der Waals surface area contributed by atoms with Crippen molar-refractivity contribution in [3.05, 3.63) is 71.6 Å². The summed E-state index contributed by atoms with van der Waals surface area (Å²) < 4.78 is 63.5. The lowest BCUT2D eigenvalue weighted by Crippen LogP contribution is -2.44. The molecule has 0 unspecified atom stereocenters. The molecule has 1 N–H and O–H groups in total. The number of carbonyl (C=O) groups excluding carboxylic acids is 2. The molecule has 0 aliphatic carbocycles. The maximum Gasteiger partial charge on any atom is 0.408 e. The average molecular weight is 594 g/mol. The molecule has 0 saturated heterocycles. The van der Waals surface area contributed by atoms with Crippen LogP contribution in [0.25, 0.3) is 22.2 Å². The summed E-state index contributed by atoms with van der Waals surface area (Å²) in [7, 11) is 0. The number of aromatic nitrogens is 4. The summed E-state index contributed by atoms with van der Waals surface area (Å²) in [5, 5.41) is 2.78. The third-order valence-electron chi connectivity index (χ3n) is 7.51.